The first kappa shape index (κ1) is 16.4. The number of carbonyl (C=O) groups excluding carboxylic acids is 1. The molecule has 0 saturated heterocycles. The van der Waals surface area contributed by atoms with Crippen LogP contribution >= 0.6 is 0 Å². The van der Waals surface area contributed by atoms with E-state index in [1.165, 1.54) is 18.2 Å². The lowest BCUT2D eigenvalue weighted by molar-refractivity contribution is 0.0945. The maximum Gasteiger partial charge on any atom is 0.272 e. The summed E-state index contributed by atoms with van der Waals surface area (Å²) in [6, 6.07) is 15.1. The van der Waals surface area contributed by atoms with E-state index in [9.17, 15) is 15.0 Å². The van der Waals surface area contributed by atoms with Crippen LogP contribution in [0.1, 0.15) is 21.7 Å². The van der Waals surface area contributed by atoms with E-state index in [2.05, 4.69) is 15.5 Å². The zero-order chi connectivity index (χ0) is 17.6. The van der Waals surface area contributed by atoms with Crippen molar-refractivity contribution in [3.63, 3.8) is 0 Å². The van der Waals surface area contributed by atoms with E-state index in [1.807, 2.05) is 30.3 Å². The maximum atomic E-state index is 12.1. The third kappa shape index (κ3) is 4.29. The summed E-state index contributed by atoms with van der Waals surface area (Å²) in [6.07, 6.45) is 0. The van der Waals surface area contributed by atoms with Crippen molar-refractivity contribution in [3.8, 4) is 17.2 Å². The summed E-state index contributed by atoms with van der Waals surface area (Å²) < 4.78 is 5.58. The van der Waals surface area contributed by atoms with E-state index in [-0.39, 0.29) is 36.3 Å². The summed E-state index contributed by atoms with van der Waals surface area (Å²) in [4.78, 5) is 12.1. The minimum absolute atomic E-state index is 0.0389. The van der Waals surface area contributed by atoms with Crippen molar-refractivity contribution >= 4 is 5.91 Å². The summed E-state index contributed by atoms with van der Waals surface area (Å²) in [5, 5.41) is 28.3. The zero-order valence-electron chi connectivity index (χ0n) is 13.3. The van der Waals surface area contributed by atoms with Crippen LogP contribution in [0.4, 0.5) is 0 Å². The highest BCUT2D eigenvalue weighted by atomic mass is 16.5. The summed E-state index contributed by atoms with van der Waals surface area (Å²) >= 11 is 0. The number of benzene rings is 2. The van der Waals surface area contributed by atoms with Gasteiger partial charge >= 0.3 is 0 Å². The topological polar surface area (TPSA) is 107 Å². The standard InChI is InChI=1S/C18H17N3O4/c22-14-7-6-12(17(23)9-14)10-19-18(24)16-8-13(20-21-16)11-25-15-4-2-1-3-5-15/h1-9,22-23H,10-11H2,(H,19,24)(H,20,21). The number of ether oxygens (including phenoxy) is 1. The van der Waals surface area contributed by atoms with Crippen LogP contribution in [-0.4, -0.2) is 26.3 Å². The third-order valence-corrected chi connectivity index (χ3v) is 3.51. The molecule has 3 rings (SSSR count). The lowest BCUT2D eigenvalue weighted by Crippen LogP contribution is -2.23. The van der Waals surface area contributed by atoms with E-state index in [0.717, 1.165) is 5.75 Å². The number of amides is 1. The van der Waals surface area contributed by atoms with Crippen LogP contribution in [0.3, 0.4) is 0 Å². The molecule has 0 bridgehead atoms. The molecule has 2 aromatic carbocycles. The number of para-hydroxylation sites is 1. The molecule has 1 aromatic heterocycles. The lowest BCUT2D eigenvalue weighted by Gasteiger charge is -2.06. The minimum atomic E-state index is -0.380. The van der Waals surface area contributed by atoms with Gasteiger partial charge in [0.25, 0.3) is 5.91 Å². The van der Waals surface area contributed by atoms with E-state index in [1.54, 1.807) is 6.07 Å². The number of aromatic nitrogens is 2. The zero-order valence-corrected chi connectivity index (χ0v) is 13.3. The molecule has 0 atom stereocenters. The number of hydrogen-bond acceptors (Lipinski definition) is 5. The number of phenolic OH excluding ortho intramolecular Hbond substituents is 2. The second kappa shape index (κ2) is 7.39. The van der Waals surface area contributed by atoms with Crippen LogP contribution in [0.25, 0.3) is 0 Å². The number of nitrogens with zero attached hydrogens (tertiary/aromatic N) is 1. The fourth-order valence-electron chi connectivity index (χ4n) is 2.20. The molecule has 0 aliphatic carbocycles. The highest BCUT2D eigenvalue weighted by Crippen LogP contribution is 2.22. The molecule has 0 aliphatic rings. The van der Waals surface area contributed by atoms with Crippen LogP contribution < -0.4 is 10.1 Å². The SMILES string of the molecule is O=C(NCc1ccc(O)cc1O)c1cc(COc2ccccc2)[nH]n1. The van der Waals surface area contributed by atoms with Crippen molar-refractivity contribution < 1.29 is 19.7 Å². The molecule has 4 N–H and O–H groups in total. The quantitative estimate of drug-likeness (QED) is 0.551. The van der Waals surface area contributed by atoms with Gasteiger partial charge in [-0.05, 0) is 30.3 Å². The molecular formula is C18H17N3O4. The predicted molar refractivity (Wildman–Crippen MR) is 90.3 cm³/mol. The average molecular weight is 339 g/mol. The Hall–Kier alpha value is -3.48. The monoisotopic (exact) mass is 339 g/mol. The lowest BCUT2D eigenvalue weighted by atomic mass is 10.2. The second-order valence-corrected chi connectivity index (χ2v) is 5.38. The van der Waals surface area contributed by atoms with E-state index in [0.29, 0.717) is 11.3 Å². The summed E-state index contributed by atoms with van der Waals surface area (Å²) in [5.41, 5.74) is 1.39. The van der Waals surface area contributed by atoms with Crippen molar-refractivity contribution in [2.45, 2.75) is 13.2 Å². The fourth-order valence-corrected chi connectivity index (χ4v) is 2.20. The first-order chi connectivity index (χ1) is 12.1. The predicted octanol–water partition coefficient (Wildman–Crippen LogP) is 2.33. The van der Waals surface area contributed by atoms with Gasteiger partial charge in [-0.3, -0.25) is 9.89 Å². The summed E-state index contributed by atoms with van der Waals surface area (Å²) in [5.74, 6) is 0.225. The van der Waals surface area contributed by atoms with E-state index < -0.39 is 0 Å². The number of aromatic amines is 1. The molecule has 0 unspecified atom stereocenters. The molecule has 1 heterocycles. The van der Waals surface area contributed by atoms with Gasteiger partial charge < -0.3 is 20.3 Å². The maximum absolute atomic E-state index is 12.1. The first-order valence-electron chi connectivity index (χ1n) is 7.63. The second-order valence-electron chi connectivity index (χ2n) is 5.38. The Balaban J connectivity index is 1.55. The highest BCUT2D eigenvalue weighted by molar-refractivity contribution is 5.92. The molecule has 0 saturated carbocycles. The summed E-state index contributed by atoms with van der Waals surface area (Å²) in [7, 11) is 0. The van der Waals surface area contributed by atoms with Gasteiger partial charge in [-0.15, -0.1) is 0 Å². The van der Waals surface area contributed by atoms with Gasteiger partial charge in [0.15, 0.2) is 0 Å². The minimum Gasteiger partial charge on any atom is -0.508 e. The van der Waals surface area contributed by atoms with Crippen molar-refractivity contribution in [1.82, 2.24) is 15.5 Å². The third-order valence-electron chi connectivity index (χ3n) is 3.51. The van der Waals surface area contributed by atoms with Crippen molar-refractivity contribution in [2.75, 3.05) is 0 Å². The molecule has 0 aliphatic heterocycles. The van der Waals surface area contributed by atoms with Crippen molar-refractivity contribution in [2.24, 2.45) is 0 Å². The Bertz CT molecular complexity index is 862. The number of H-pyrrole nitrogens is 1. The number of aromatic hydroxyl groups is 2. The van der Waals surface area contributed by atoms with Crippen LogP contribution in [0.2, 0.25) is 0 Å². The molecule has 25 heavy (non-hydrogen) atoms. The molecule has 7 heteroatoms. The van der Waals surface area contributed by atoms with Crippen LogP contribution in [0, 0.1) is 0 Å². The number of nitrogens with one attached hydrogen (secondary N) is 2. The average Bonchev–Trinajstić information content (AvgIpc) is 3.09. The molecular weight excluding hydrogens is 322 g/mol. The van der Waals surface area contributed by atoms with Crippen LogP contribution in [0.15, 0.2) is 54.6 Å². The first-order valence-corrected chi connectivity index (χ1v) is 7.63. The number of carbonyl (C=O) groups is 1. The number of hydrogen-bond donors (Lipinski definition) is 4. The molecule has 3 aromatic rings. The number of phenols is 2. The van der Waals surface area contributed by atoms with E-state index >= 15 is 0 Å². The Morgan fingerprint density at radius 1 is 1.12 bits per heavy atom. The molecule has 0 radical (unpaired) electrons. The Labute approximate surface area is 143 Å². The van der Waals surface area contributed by atoms with Gasteiger partial charge in [-0.1, -0.05) is 18.2 Å². The Kier molecular flexibility index (Phi) is 4.84. The summed E-state index contributed by atoms with van der Waals surface area (Å²) in [6.45, 7) is 0.386. The van der Waals surface area contributed by atoms with Gasteiger partial charge in [-0.25, -0.2) is 0 Å². The molecule has 0 spiro atoms. The van der Waals surface area contributed by atoms with Crippen LogP contribution in [-0.2, 0) is 13.2 Å². The van der Waals surface area contributed by atoms with Gasteiger partial charge in [0, 0.05) is 18.2 Å². The largest absolute Gasteiger partial charge is 0.508 e. The van der Waals surface area contributed by atoms with Crippen molar-refractivity contribution in [3.05, 3.63) is 71.5 Å². The molecule has 1 amide bonds. The molecule has 128 valence electrons. The van der Waals surface area contributed by atoms with Crippen molar-refractivity contribution in [1.29, 1.82) is 0 Å². The molecule has 0 fully saturated rings. The van der Waals surface area contributed by atoms with E-state index in [4.69, 9.17) is 4.74 Å². The van der Waals surface area contributed by atoms with Crippen LogP contribution in [0.5, 0.6) is 17.2 Å². The van der Waals surface area contributed by atoms with Gasteiger partial charge in [0.1, 0.15) is 29.5 Å². The smallest absolute Gasteiger partial charge is 0.272 e. The fraction of sp³-hybridized carbons (Fsp3) is 0.111. The highest BCUT2D eigenvalue weighted by Gasteiger charge is 2.12. The number of rotatable bonds is 6. The van der Waals surface area contributed by atoms with Gasteiger partial charge in [-0.2, -0.15) is 5.10 Å². The normalized spacial score (nSPS) is 10.4. The molecule has 7 nitrogen and oxygen atoms in total. The van der Waals surface area contributed by atoms with Gasteiger partial charge in [0.2, 0.25) is 0 Å². The Morgan fingerprint density at radius 3 is 2.68 bits per heavy atom. The Morgan fingerprint density at radius 2 is 1.92 bits per heavy atom. The van der Waals surface area contributed by atoms with Gasteiger partial charge in [0.05, 0.1) is 5.69 Å².